The summed E-state index contributed by atoms with van der Waals surface area (Å²) in [5, 5.41) is 6.73. The van der Waals surface area contributed by atoms with Crippen LogP contribution in [-0.2, 0) is 0 Å². The molecule has 6 heteroatoms. The highest BCUT2D eigenvalue weighted by Gasteiger charge is 2.29. The molecule has 1 aromatic rings. The topological polar surface area (TPSA) is 92.9 Å². The van der Waals surface area contributed by atoms with E-state index >= 15 is 0 Å². The number of nitrogens with one attached hydrogen (secondary N) is 2. The molecule has 0 bridgehead atoms. The molecule has 0 spiro atoms. The van der Waals surface area contributed by atoms with E-state index in [0.29, 0.717) is 35.3 Å². The number of hydrogen-bond donors (Lipinski definition) is 3. The summed E-state index contributed by atoms with van der Waals surface area (Å²) in [6.07, 6.45) is 10.1. The number of amides is 1. The number of carbonyl (C=O) groups excluding carboxylic acids is 1. The van der Waals surface area contributed by atoms with Crippen molar-refractivity contribution < 1.29 is 4.79 Å². The monoisotopic (exact) mass is 303 g/mol. The van der Waals surface area contributed by atoms with Crippen molar-refractivity contribution in [2.24, 2.45) is 11.7 Å². The average molecular weight is 303 g/mol. The van der Waals surface area contributed by atoms with E-state index in [0.717, 1.165) is 12.8 Å². The SMILES string of the molecule is CC(Nc1nc(NC2CCCCC2)ncc1C(N)=O)C1CC1. The zero-order valence-corrected chi connectivity index (χ0v) is 13.1. The number of hydrogen-bond acceptors (Lipinski definition) is 5. The highest BCUT2D eigenvalue weighted by Crippen LogP contribution is 2.34. The van der Waals surface area contributed by atoms with Crippen LogP contribution in [0.1, 0.15) is 62.2 Å². The van der Waals surface area contributed by atoms with Gasteiger partial charge < -0.3 is 16.4 Å². The molecule has 4 N–H and O–H groups in total. The molecule has 0 aromatic carbocycles. The highest BCUT2D eigenvalue weighted by atomic mass is 16.1. The lowest BCUT2D eigenvalue weighted by Gasteiger charge is -2.23. The summed E-state index contributed by atoms with van der Waals surface area (Å²) in [6.45, 7) is 2.12. The number of nitrogens with two attached hydrogens (primary N) is 1. The van der Waals surface area contributed by atoms with E-state index in [1.165, 1.54) is 38.3 Å². The Hall–Kier alpha value is -1.85. The van der Waals surface area contributed by atoms with E-state index in [2.05, 4.69) is 27.5 Å². The van der Waals surface area contributed by atoms with Gasteiger partial charge in [0, 0.05) is 18.3 Å². The van der Waals surface area contributed by atoms with Crippen LogP contribution in [0.2, 0.25) is 0 Å². The van der Waals surface area contributed by atoms with Gasteiger partial charge in [0.05, 0.1) is 5.56 Å². The molecule has 2 aliphatic carbocycles. The standard InChI is InChI=1S/C16H25N5O/c1-10(11-7-8-11)19-15-13(14(17)22)9-18-16(21-15)20-12-5-3-2-4-6-12/h9-12H,2-8H2,1H3,(H2,17,22)(H2,18,19,20,21). The normalized spacial score (nSPS) is 20.4. The quantitative estimate of drug-likeness (QED) is 0.751. The molecule has 0 radical (unpaired) electrons. The van der Waals surface area contributed by atoms with Gasteiger partial charge in [0.25, 0.3) is 5.91 Å². The third-order valence-corrected chi connectivity index (χ3v) is 4.69. The second-order valence-electron chi connectivity index (χ2n) is 6.57. The molecule has 6 nitrogen and oxygen atoms in total. The zero-order chi connectivity index (χ0) is 15.5. The molecule has 1 atom stereocenters. The molecular formula is C16H25N5O. The maximum absolute atomic E-state index is 11.6. The summed E-state index contributed by atoms with van der Waals surface area (Å²) in [6, 6.07) is 0.734. The lowest BCUT2D eigenvalue weighted by atomic mass is 9.96. The van der Waals surface area contributed by atoms with E-state index in [1.807, 2.05) is 0 Å². The van der Waals surface area contributed by atoms with Gasteiger partial charge in [0.2, 0.25) is 5.95 Å². The van der Waals surface area contributed by atoms with Crippen LogP contribution in [0.3, 0.4) is 0 Å². The molecule has 1 unspecified atom stereocenters. The molecule has 1 heterocycles. The molecule has 3 rings (SSSR count). The number of aromatic nitrogens is 2. The van der Waals surface area contributed by atoms with Gasteiger partial charge in [-0.15, -0.1) is 0 Å². The minimum absolute atomic E-state index is 0.301. The van der Waals surface area contributed by atoms with Crippen LogP contribution in [0, 0.1) is 5.92 Å². The van der Waals surface area contributed by atoms with Gasteiger partial charge in [0.15, 0.2) is 0 Å². The van der Waals surface area contributed by atoms with Crippen molar-refractivity contribution in [3.05, 3.63) is 11.8 Å². The number of anilines is 2. The summed E-state index contributed by atoms with van der Waals surface area (Å²) in [5.41, 5.74) is 5.80. The predicted molar refractivity (Wildman–Crippen MR) is 86.9 cm³/mol. The van der Waals surface area contributed by atoms with Gasteiger partial charge >= 0.3 is 0 Å². The third-order valence-electron chi connectivity index (χ3n) is 4.69. The minimum Gasteiger partial charge on any atom is -0.367 e. The van der Waals surface area contributed by atoms with Crippen LogP contribution in [0.4, 0.5) is 11.8 Å². The van der Waals surface area contributed by atoms with Crippen molar-refractivity contribution in [2.45, 2.75) is 64.0 Å². The Morgan fingerprint density at radius 3 is 2.64 bits per heavy atom. The number of primary amides is 1. The second kappa shape index (κ2) is 6.50. The maximum Gasteiger partial charge on any atom is 0.254 e. The summed E-state index contributed by atoms with van der Waals surface area (Å²) >= 11 is 0. The van der Waals surface area contributed by atoms with E-state index < -0.39 is 5.91 Å². The average Bonchev–Trinajstić information content (AvgIpc) is 3.33. The van der Waals surface area contributed by atoms with Crippen LogP contribution >= 0.6 is 0 Å². The fourth-order valence-electron chi connectivity index (χ4n) is 3.10. The van der Waals surface area contributed by atoms with E-state index in [-0.39, 0.29) is 0 Å². The van der Waals surface area contributed by atoms with Gasteiger partial charge in [0.1, 0.15) is 5.82 Å². The number of rotatable bonds is 6. The molecule has 1 amide bonds. The Kier molecular flexibility index (Phi) is 4.45. The maximum atomic E-state index is 11.6. The molecule has 1 aromatic heterocycles. The van der Waals surface area contributed by atoms with Gasteiger partial charge in [-0.3, -0.25) is 4.79 Å². The van der Waals surface area contributed by atoms with E-state index in [9.17, 15) is 4.79 Å². The van der Waals surface area contributed by atoms with Crippen LogP contribution in [-0.4, -0.2) is 28.0 Å². The van der Waals surface area contributed by atoms with Crippen molar-refractivity contribution in [3.8, 4) is 0 Å². The fraction of sp³-hybridized carbons (Fsp3) is 0.688. The lowest BCUT2D eigenvalue weighted by Crippen LogP contribution is -2.26. The molecule has 120 valence electrons. The first-order chi connectivity index (χ1) is 10.6. The van der Waals surface area contributed by atoms with Crippen LogP contribution < -0.4 is 16.4 Å². The molecule has 22 heavy (non-hydrogen) atoms. The first kappa shape index (κ1) is 15.1. The van der Waals surface area contributed by atoms with Crippen molar-refractivity contribution in [2.75, 3.05) is 10.6 Å². The molecule has 0 saturated heterocycles. The molecule has 2 aliphatic rings. The Balaban J connectivity index is 1.74. The van der Waals surface area contributed by atoms with Crippen molar-refractivity contribution in [1.82, 2.24) is 9.97 Å². The highest BCUT2D eigenvalue weighted by molar-refractivity contribution is 5.97. The van der Waals surface area contributed by atoms with E-state index in [1.54, 1.807) is 0 Å². The fourth-order valence-corrected chi connectivity index (χ4v) is 3.10. The molecule has 0 aliphatic heterocycles. The first-order valence-corrected chi connectivity index (χ1v) is 8.33. The first-order valence-electron chi connectivity index (χ1n) is 8.33. The third kappa shape index (κ3) is 3.67. The predicted octanol–water partition coefficient (Wildman–Crippen LogP) is 2.53. The molecule has 2 fully saturated rings. The Bertz CT molecular complexity index is 537. The molecular weight excluding hydrogens is 278 g/mol. The van der Waals surface area contributed by atoms with Gasteiger partial charge in [-0.05, 0) is 38.5 Å². The van der Waals surface area contributed by atoms with Crippen molar-refractivity contribution in [1.29, 1.82) is 0 Å². The minimum atomic E-state index is -0.491. The summed E-state index contributed by atoms with van der Waals surface area (Å²) in [4.78, 5) is 20.3. The zero-order valence-electron chi connectivity index (χ0n) is 13.1. The lowest BCUT2D eigenvalue weighted by molar-refractivity contribution is 0.100. The number of nitrogens with zero attached hydrogens (tertiary/aromatic N) is 2. The summed E-state index contributed by atoms with van der Waals surface area (Å²) in [5.74, 6) is 1.32. The Labute approximate surface area is 131 Å². The van der Waals surface area contributed by atoms with Crippen LogP contribution in [0.25, 0.3) is 0 Å². The van der Waals surface area contributed by atoms with Gasteiger partial charge in [-0.25, -0.2) is 4.98 Å². The molecule has 2 saturated carbocycles. The van der Waals surface area contributed by atoms with Crippen LogP contribution in [0.5, 0.6) is 0 Å². The van der Waals surface area contributed by atoms with Crippen molar-refractivity contribution in [3.63, 3.8) is 0 Å². The Morgan fingerprint density at radius 2 is 2.00 bits per heavy atom. The Morgan fingerprint density at radius 1 is 1.27 bits per heavy atom. The summed E-state index contributed by atoms with van der Waals surface area (Å²) in [7, 11) is 0. The number of carbonyl (C=O) groups is 1. The van der Waals surface area contributed by atoms with Gasteiger partial charge in [-0.2, -0.15) is 4.98 Å². The smallest absolute Gasteiger partial charge is 0.254 e. The second-order valence-corrected chi connectivity index (χ2v) is 6.57. The summed E-state index contributed by atoms with van der Waals surface area (Å²) < 4.78 is 0. The van der Waals surface area contributed by atoms with Crippen LogP contribution in [0.15, 0.2) is 6.20 Å². The van der Waals surface area contributed by atoms with Crippen molar-refractivity contribution >= 4 is 17.7 Å². The largest absolute Gasteiger partial charge is 0.367 e. The van der Waals surface area contributed by atoms with Gasteiger partial charge in [-0.1, -0.05) is 19.3 Å². The van der Waals surface area contributed by atoms with E-state index in [4.69, 9.17) is 5.73 Å².